The lowest BCUT2D eigenvalue weighted by molar-refractivity contribution is 0.185. The predicted octanol–water partition coefficient (Wildman–Crippen LogP) is 2.28. The first-order valence-corrected chi connectivity index (χ1v) is 5.40. The van der Waals surface area contributed by atoms with E-state index in [0.717, 1.165) is 0 Å². The minimum absolute atomic E-state index is 0.256. The van der Waals surface area contributed by atoms with Crippen molar-refractivity contribution in [2.45, 2.75) is 32.4 Å². The minimum Gasteiger partial charge on any atom is -0.380 e. The number of methoxy groups -OCH3 is 1. The van der Waals surface area contributed by atoms with Crippen LogP contribution in [-0.4, -0.2) is 13.2 Å². The lowest BCUT2D eigenvalue weighted by Crippen LogP contribution is -2.06. The molecular weight excluding hydrogens is 186 g/mol. The highest BCUT2D eigenvalue weighted by atomic mass is 16.5. The molecule has 15 heavy (non-hydrogen) atoms. The molecule has 1 aliphatic carbocycles. The molecule has 2 rings (SSSR count). The summed E-state index contributed by atoms with van der Waals surface area (Å²) < 4.78 is 5.13. The maximum Gasteiger partial charge on any atom is 0.0713 e. The average Bonchev–Trinajstić information content (AvgIpc) is 2.67. The van der Waals surface area contributed by atoms with Crippen molar-refractivity contribution in [2.24, 2.45) is 11.1 Å². The van der Waals surface area contributed by atoms with Crippen molar-refractivity contribution < 1.29 is 4.74 Å². The molecule has 2 unspecified atom stereocenters. The fraction of sp³-hybridized carbons (Fsp3) is 0.538. The van der Waals surface area contributed by atoms with Crippen LogP contribution in [0.1, 0.15) is 30.9 Å². The monoisotopic (exact) mass is 205 g/mol. The molecule has 0 saturated heterocycles. The third kappa shape index (κ3) is 1.80. The van der Waals surface area contributed by atoms with Gasteiger partial charge in [-0.25, -0.2) is 0 Å². The van der Waals surface area contributed by atoms with Crippen LogP contribution in [0.15, 0.2) is 24.3 Å². The van der Waals surface area contributed by atoms with Gasteiger partial charge in [-0.3, -0.25) is 0 Å². The number of hydrogen-bond acceptors (Lipinski definition) is 2. The minimum atomic E-state index is 0.256. The lowest BCUT2D eigenvalue weighted by atomic mass is 10.0. The van der Waals surface area contributed by atoms with E-state index in [1.807, 2.05) is 0 Å². The summed E-state index contributed by atoms with van der Waals surface area (Å²) >= 11 is 0. The molecule has 1 saturated carbocycles. The molecule has 2 heteroatoms. The number of hydrogen-bond donors (Lipinski definition) is 1. The lowest BCUT2D eigenvalue weighted by Gasteiger charge is -2.05. The van der Waals surface area contributed by atoms with Crippen molar-refractivity contribution in [3.63, 3.8) is 0 Å². The van der Waals surface area contributed by atoms with Crippen LogP contribution < -0.4 is 5.73 Å². The van der Waals surface area contributed by atoms with Crippen molar-refractivity contribution in [2.75, 3.05) is 7.11 Å². The van der Waals surface area contributed by atoms with Crippen molar-refractivity contribution in [1.29, 1.82) is 0 Å². The Morgan fingerprint density at radius 3 is 2.60 bits per heavy atom. The highest BCUT2D eigenvalue weighted by Gasteiger charge is 2.55. The molecule has 0 aliphatic heterocycles. The highest BCUT2D eigenvalue weighted by Crippen LogP contribution is 2.57. The summed E-state index contributed by atoms with van der Waals surface area (Å²) in [7, 11) is 1.72. The molecule has 82 valence electrons. The molecule has 0 heterocycles. The summed E-state index contributed by atoms with van der Waals surface area (Å²) in [5, 5.41) is 0. The van der Waals surface area contributed by atoms with Crippen LogP contribution in [0.25, 0.3) is 0 Å². The molecule has 1 fully saturated rings. The van der Waals surface area contributed by atoms with E-state index in [-0.39, 0.29) is 5.41 Å². The van der Waals surface area contributed by atoms with E-state index in [4.69, 9.17) is 10.5 Å². The average molecular weight is 205 g/mol. The van der Waals surface area contributed by atoms with Crippen molar-refractivity contribution in [3.8, 4) is 0 Å². The normalized spacial score (nSPS) is 27.7. The van der Waals surface area contributed by atoms with Crippen LogP contribution in [0, 0.1) is 5.41 Å². The third-order valence-corrected chi connectivity index (χ3v) is 3.53. The SMILES string of the molecule is COCc1cccc(C2C(N)C2(C)C)c1. The van der Waals surface area contributed by atoms with Gasteiger partial charge in [0.1, 0.15) is 0 Å². The summed E-state index contributed by atoms with van der Waals surface area (Å²) in [5.41, 5.74) is 8.90. The van der Waals surface area contributed by atoms with Gasteiger partial charge in [0, 0.05) is 19.1 Å². The first-order chi connectivity index (χ1) is 7.07. The summed E-state index contributed by atoms with van der Waals surface area (Å²) in [4.78, 5) is 0. The molecule has 0 bridgehead atoms. The molecule has 1 aromatic carbocycles. The third-order valence-electron chi connectivity index (χ3n) is 3.53. The Kier molecular flexibility index (Phi) is 2.57. The van der Waals surface area contributed by atoms with E-state index in [1.54, 1.807) is 7.11 Å². The van der Waals surface area contributed by atoms with Gasteiger partial charge in [0.2, 0.25) is 0 Å². The fourth-order valence-electron chi connectivity index (χ4n) is 2.36. The van der Waals surface area contributed by atoms with Crippen LogP contribution in [-0.2, 0) is 11.3 Å². The van der Waals surface area contributed by atoms with Gasteiger partial charge in [0.15, 0.2) is 0 Å². The van der Waals surface area contributed by atoms with Gasteiger partial charge in [-0.05, 0) is 16.5 Å². The quantitative estimate of drug-likeness (QED) is 0.821. The van der Waals surface area contributed by atoms with Crippen LogP contribution in [0.3, 0.4) is 0 Å². The second kappa shape index (κ2) is 3.62. The number of nitrogens with two attached hydrogens (primary N) is 1. The number of benzene rings is 1. The van der Waals surface area contributed by atoms with Crippen LogP contribution in [0.5, 0.6) is 0 Å². The molecule has 1 aliphatic rings. The molecule has 1 aromatic rings. The van der Waals surface area contributed by atoms with E-state index < -0.39 is 0 Å². The van der Waals surface area contributed by atoms with E-state index in [2.05, 4.69) is 38.1 Å². The smallest absolute Gasteiger partial charge is 0.0713 e. The maximum atomic E-state index is 6.07. The van der Waals surface area contributed by atoms with E-state index in [9.17, 15) is 0 Å². The van der Waals surface area contributed by atoms with Crippen LogP contribution in [0.4, 0.5) is 0 Å². The summed E-state index contributed by atoms with van der Waals surface area (Å²) in [6.07, 6.45) is 0. The molecule has 2 N–H and O–H groups in total. The van der Waals surface area contributed by atoms with Crippen LogP contribution in [0.2, 0.25) is 0 Å². The Balaban J connectivity index is 2.20. The standard InChI is InChI=1S/C13H19NO/c1-13(2)11(12(13)14)10-6-4-5-9(7-10)8-15-3/h4-7,11-12H,8,14H2,1-3H3. The van der Waals surface area contributed by atoms with Crippen molar-refractivity contribution >= 4 is 0 Å². The van der Waals surface area contributed by atoms with E-state index in [1.165, 1.54) is 11.1 Å². The zero-order valence-electron chi connectivity index (χ0n) is 9.66. The molecule has 2 atom stereocenters. The van der Waals surface area contributed by atoms with Gasteiger partial charge in [-0.1, -0.05) is 38.1 Å². The molecular formula is C13H19NO. The molecule has 0 aromatic heterocycles. The zero-order valence-corrected chi connectivity index (χ0v) is 9.66. The summed E-state index contributed by atoms with van der Waals surface area (Å²) in [6.45, 7) is 5.13. The Morgan fingerprint density at radius 2 is 2.07 bits per heavy atom. The van der Waals surface area contributed by atoms with E-state index >= 15 is 0 Å². The molecule has 0 amide bonds. The van der Waals surface area contributed by atoms with Gasteiger partial charge in [-0.15, -0.1) is 0 Å². The predicted molar refractivity (Wildman–Crippen MR) is 61.7 cm³/mol. The Morgan fingerprint density at radius 1 is 1.40 bits per heavy atom. The topological polar surface area (TPSA) is 35.2 Å². The van der Waals surface area contributed by atoms with Crippen LogP contribution >= 0.6 is 0 Å². The van der Waals surface area contributed by atoms with E-state index in [0.29, 0.717) is 18.6 Å². The van der Waals surface area contributed by atoms with Gasteiger partial charge in [-0.2, -0.15) is 0 Å². The summed E-state index contributed by atoms with van der Waals surface area (Å²) in [6, 6.07) is 8.86. The van der Waals surface area contributed by atoms with Gasteiger partial charge in [0.25, 0.3) is 0 Å². The number of ether oxygens (including phenoxy) is 1. The molecule has 2 nitrogen and oxygen atoms in total. The Bertz CT molecular complexity index is 359. The zero-order chi connectivity index (χ0) is 11.1. The second-order valence-corrected chi connectivity index (χ2v) is 5.00. The fourth-order valence-corrected chi connectivity index (χ4v) is 2.36. The number of rotatable bonds is 3. The highest BCUT2D eigenvalue weighted by molar-refractivity contribution is 5.36. The van der Waals surface area contributed by atoms with Gasteiger partial charge in [0.05, 0.1) is 6.61 Å². The molecule has 0 spiro atoms. The largest absolute Gasteiger partial charge is 0.380 e. The Labute approximate surface area is 91.4 Å². The molecule has 0 radical (unpaired) electrons. The van der Waals surface area contributed by atoms with Crippen molar-refractivity contribution in [1.82, 2.24) is 0 Å². The van der Waals surface area contributed by atoms with Gasteiger partial charge >= 0.3 is 0 Å². The first kappa shape index (κ1) is 10.7. The maximum absolute atomic E-state index is 6.07. The van der Waals surface area contributed by atoms with Crippen molar-refractivity contribution in [3.05, 3.63) is 35.4 Å². The van der Waals surface area contributed by atoms with Gasteiger partial charge < -0.3 is 10.5 Å². The first-order valence-electron chi connectivity index (χ1n) is 5.40. The summed E-state index contributed by atoms with van der Waals surface area (Å²) in [5.74, 6) is 0.509. The second-order valence-electron chi connectivity index (χ2n) is 5.00. The Hall–Kier alpha value is -0.860.